The molecule has 1 N–H and O–H groups in total. The summed E-state index contributed by atoms with van der Waals surface area (Å²) in [4.78, 5) is 16.8. The monoisotopic (exact) mass is 458 g/mol. The van der Waals surface area contributed by atoms with Crippen LogP contribution in [0.1, 0.15) is 53.0 Å². The molecule has 3 aromatic rings. The van der Waals surface area contributed by atoms with Gasteiger partial charge in [0.25, 0.3) is 5.91 Å². The van der Waals surface area contributed by atoms with E-state index in [4.69, 9.17) is 0 Å². The lowest BCUT2D eigenvalue weighted by atomic mass is 10.1. The van der Waals surface area contributed by atoms with Crippen LogP contribution >= 0.6 is 15.9 Å². The molecule has 3 heterocycles. The Morgan fingerprint density at radius 1 is 1.32 bits per heavy atom. The Hall–Kier alpha value is -2.43. The fourth-order valence-electron chi connectivity index (χ4n) is 2.92. The smallest absolute Gasteiger partial charge is 0.344 e. The first-order valence-electron chi connectivity index (χ1n) is 8.50. The number of nitrogens with zero attached hydrogens (tertiary/aromatic N) is 5. The van der Waals surface area contributed by atoms with Gasteiger partial charge < -0.3 is 5.32 Å². The van der Waals surface area contributed by atoms with Gasteiger partial charge in [0.05, 0.1) is 16.2 Å². The molecule has 11 heteroatoms. The molecular weight excluding hydrogens is 441 g/mol. The molecule has 0 saturated carbocycles. The molecule has 3 aromatic heterocycles. The van der Waals surface area contributed by atoms with Crippen molar-refractivity contribution in [2.75, 3.05) is 0 Å². The van der Waals surface area contributed by atoms with Crippen LogP contribution in [0.4, 0.5) is 13.2 Å². The third kappa shape index (κ3) is 3.62. The van der Waals surface area contributed by atoms with Gasteiger partial charge in [0.15, 0.2) is 11.3 Å². The van der Waals surface area contributed by atoms with Gasteiger partial charge in [0.1, 0.15) is 5.69 Å². The van der Waals surface area contributed by atoms with E-state index in [0.29, 0.717) is 11.1 Å². The molecule has 0 saturated heterocycles. The number of rotatable bonds is 4. The number of hydrogen-bond donors (Lipinski definition) is 1. The van der Waals surface area contributed by atoms with E-state index in [1.54, 1.807) is 11.6 Å². The fourth-order valence-corrected chi connectivity index (χ4v) is 3.44. The Morgan fingerprint density at radius 3 is 2.57 bits per heavy atom. The normalized spacial score (nSPS) is 13.1. The Labute approximate surface area is 167 Å². The number of carbonyl (C=O) groups excluding carboxylic acids is 1. The van der Waals surface area contributed by atoms with Gasteiger partial charge in [-0.3, -0.25) is 9.48 Å². The highest BCUT2D eigenvalue weighted by atomic mass is 79.9. The van der Waals surface area contributed by atoms with Crippen LogP contribution in [0.15, 0.2) is 16.7 Å². The van der Waals surface area contributed by atoms with Crippen molar-refractivity contribution in [3.05, 3.63) is 45.1 Å². The van der Waals surface area contributed by atoms with E-state index in [1.807, 2.05) is 20.0 Å². The van der Waals surface area contributed by atoms with E-state index in [9.17, 15) is 18.0 Å². The van der Waals surface area contributed by atoms with Crippen LogP contribution < -0.4 is 5.32 Å². The predicted molar refractivity (Wildman–Crippen MR) is 98.9 cm³/mol. The molecule has 7 nitrogen and oxygen atoms in total. The number of halogens is 4. The minimum Gasteiger partial charge on any atom is -0.344 e. The van der Waals surface area contributed by atoms with Crippen molar-refractivity contribution in [3.63, 3.8) is 0 Å². The minimum absolute atomic E-state index is 0.0693. The number of fused-ring (bicyclic) bond motifs is 1. The highest BCUT2D eigenvalue weighted by Gasteiger charge is 2.36. The summed E-state index contributed by atoms with van der Waals surface area (Å²) in [5.74, 6) is -0.612. The van der Waals surface area contributed by atoms with Crippen LogP contribution in [0.3, 0.4) is 0 Å². The Kier molecular flexibility index (Phi) is 5.22. The molecule has 0 aromatic carbocycles. The zero-order chi connectivity index (χ0) is 20.8. The Morgan fingerprint density at radius 2 is 2.00 bits per heavy atom. The second-order valence-electron chi connectivity index (χ2n) is 6.40. The number of alkyl halides is 3. The maximum atomic E-state index is 13.3. The number of amides is 1. The first-order valence-corrected chi connectivity index (χ1v) is 9.30. The summed E-state index contributed by atoms with van der Waals surface area (Å²) in [6, 6.07) is 0.487. The number of nitrogens with one attached hydrogen (secondary N) is 1. The van der Waals surface area contributed by atoms with Crippen molar-refractivity contribution in [3.8, 4) is 0 Å². The summed E-state index contributed by atoms with van der Waals surface area (Å²) < 4.78 is 42.5. The molecule has 1 amide bonds. The highest BCUT2D eigenvalue weighted by Crippen LogP contribution is 2.32. The lowest BCUT2D eigenvalue weighted by Crippen LogP contribution is -2.27. The lowest BCUT2D eigenvalue weighted by molar-refractivity contribution is -0.142. The van der Waals surface area contributed by atoms with Gasteiger partial charge in [-0.15, -0.1) is 0 Å². The molecule has 150 valence electrons. The number of carbonyl (C=O) groups is 1. The van der Waals surface area contributed by atoms with Crippen molar-refractivity contribution >= 4 is 27.5 Å². The number of aryl methyl sites for hydroxylation is 3. The SMILES string of the molecule is CCn1cc(C(C)NC(=O)c2nn3c(C(F)(F)F)cc(C)nc3c2Br)c(C)n1. The molecule has 1 atom stereocenters. The largest absolute Gasteiger partial charge is 0.433 e. The van der Waals surface area contributed by atoms with Crippen LogP contribution in [0.5, 0.6) is 0 Å². The van der Waals surface area contributed by atoms with Crippen LogP contribution in [0.25, 0.3) is 5.65 Å². The minimum atomic E-state index is -4.63. The van der Waals surface area contributed by atoms with Crippen molar-refractivity contribution in [2.24, 2.45) is 0 Å². The molecule has 0 spiro atoms. The second-order valence-corrected chi connectivity index (χ2v) is 7.19. The van der Waals surface area contributed by atoms with Gasteiger partial charge in [-0.1, -0.05) is 0 Å². The molecule has 3 rings (SSSR count). The molecule has 0 aliphatic heterocycles. The van der Waals surface area contributed by atoms with E-state index >= 15 is 0 Å². The van der Waals surface area contributed by atoms with E-state index in [-0.39, 0.29) is 21.5 Å². The standard InChI is InChI=1S/C17H18BrF3N6O/c1-5-26-7-11(10(4)24-26)9(3)23-16(28)14-13(18)15-22-8(2)6-12(17(19,20)21)27(15)25-14/h6-7,9H,5H2,1-4H3,(H,23,28). The highest BCUT2D eigenvalue weighted by molar-refractivity contribution is 9.10. The van der Waals surface area contributed by atoms with E-state index in [1.165, 1.54) is 6.92 Å². The predicted octanol–water partition coefficient (Wildman–Crippen LogP) is 3.83. The summed E-state index contributed by atoms with van der Waals surface area (Å²) in [5.41, 5.74) is 0.516. The van der Waals surface area contributed by atoms with Gasteiger partial charge in [0.2, 0.25) is 0 Å². The van der Waals surface area contributed by atoms with E-state index in [0.717, 1.165) is 17.3 Å². The maximum absolute atomic E-state index is 13.3. The van der Waals surface area contributed by atoms with E-state index < -0.39 is 23.8 Å². The van der Waals surface area contributed by atoms with Crippen LogP contribution in [0, 0.1) is 13.8 Å². The zero-order valence-corrected chi connectivity index (χ0v) is 17.2. The zero-order valence-electron chi connectivity index (χ0n) is 15.6. The molecule has 28 heavy (non-hydrogen) atoms. The summed E-state index contributed by atoms with van der Waals surface area (Å²) >= 11 is 3.17. The molecule has 0 radical (unpaired) electrons. The summed E-state index contributed by atoms with van der Waals surface area (Å²) in [5, 5.41) is 11.0. The summed E-state index contributed by atoms with van der Waals surface area (Å²) in [6.45, 7) is 7.68. The topological polar surface area (TPSA) is 77.1 Å². The number of aromatic nitrogens is 5. The van der Waals surface area contributed by atoms with Gasteiger partial charge in [-0.25, -0.2) is 9.50 Å². The van der Waals surface area contributed by atoms with Gasteiger partial charge in [-0.2, -0.15) is 23.4 Å². The molecule has 0 fully saturated rings. The summed E-state index contributed by atoms with van der Waals surface area (Å²) in [7, 11) is 0. The molecule has 0 bridgehead atoms. The number of hydrogen-bond acceptors (Lipinski definition) is 4. The first kappa shape index (κ1) is 20.3. The third-order valence-corrected chi connectivity index (χ3v) is 5.02. The lowest BCUT2D eigenvalue weighted by Gasteiger charge is -2.12. The Balaban J connectivity index is 1.98. The van der Waals surface area contributed by atoms with Crippen molar-refractivity contribution in [1.82, 2.24) is 29.7 Å². The average Bonchev–Trinajstić information content (AvgIpc) is 3.14. The van der Waals surface area contributed by atoms with E-state index in [2.05, 4.69) is 36.4 Å². The molecular formula is C17H18BrF3N6O. The summed E-state index contributed by atoms with van der Waals surface area (Å²) in [6.07, 6.45) is -2.81. The molecule has 0 aliphatic carbocycles. The second kappa shape index (κ2) is 7.19. The van der Waals surface area contributed by atoms with Gasteiger partial charge in [-0.05, 0) is 49.7 Å². The van der Waals surface area contributed by atoms with Crippen LogP contribution in [-0.2, 0) is 12.7 Å². The molecule has 0 aliphatic rings. The average molecular weight is 459 g/mol. The first-order chi connectivity index (χ1) is 13.0. The fraction of sp³-hybridized carbons (Fsp3) is 0.412. The quantitative estimate of drug-likeness (QED) is 0.644. The van der Waals surface area contributed by atoms with Crippen LogP contribution in [0.2, 0.25) is 0 Å². The van der Waals surface area contributed by atoms with Crippen LogP contribution in [-0.4, -0.2) is 30.3 Å². The molecule has 1 unspecified atom stereocenters. The van der Waals surface area contributed by atoms with Gasteiger partial charge >= 0.3 is 6.18 Å². The van der Waals surface area contributed by atoms with Gasteiger partial charge in [0, 0.05) is 24.0 Å². The maximum Gasteiger partial charge on any atom is 0.433 e. The third-order valence-electron chi connectivity index (χ3n) is 4.29. The Bertz CT molecular complexity index is 1060. The van der Waals surface area contributed by atoms with Crippen molar-refractivity contribution < 1.29 is 18.0 Å². The van der Waals surface area contributed by atoms with Crippen molar-refractivity contribution in [2.45, 2.75) is 46.5 Å². The van der Waals surface area contributed by atoms with Crippen molar-refractivity contribution in [1.29, 1.82) is 0 Å².